The molecular weight excluding hydrogens is 274 g/mol. The molecule has 108 valence electrons. The lowest BCUT2D eigenvalue weighted by molar-refractivity contribution is 0.461. The number of halogens is 2. The Labute approximate surface area is 121 Å². The van der Waals surface area contributed by atoms with Gasteiger partial charge < -0.3 is 10.5 Å². The molecule has 0 aliphatic rings. The first kappa shape index (κ1) is 14.9. The van der Waals surface area contributed by atoms with Crippen LogP contribution in [0, 0.1) is 29.9 Å². The van der Waals surface area contributed by atoms with Gasteiger partial charge in [0.2, 0.25) is 0 Å². The molecule has 0 amide bonds. The Kier molecular flexibility index (Phi) is 4.20. The van der Waals surface area contributed by atoms with Crippen molar-refractivity contribution in [3.63, 3.8) is 0 Å². The van der Waals surface area contributed by atoms with Crippen LogP contribution in [0.4, 0.5) is 8.78 Å². The molecule has 0 spiro atoms. The van der Waals surface area contributed by atoms with Crippen LogP contribution in [-0.4, -0.2) is 0 Å². The number of nitrogens with zero attached hydrogens (tertiary/aromatic N) is 1. The van der Waals surface area contributed by atoms with E-state index in [0.29, 0.717) is 16.9 Å². The molecular formula is C16H14F2N2O. The van der Waals surface area contributed by atoms with E-state index in [-0.39, 0.29) is 11.3 Å². The summed E-state index contributed by atoms with van der Waals surface area (Å²) in [7, 11) is 0. The number of aryl methyl sites for hydroxylation is 1. The van der Waals surface area contributed by atoms with Crippen LogP contribution in [0.3, 0.4) is 0 Å². The van der Waals surface area contributed by atoms with E-state index in [1.807, 2.05) is 0 Å². The minimum absolute atomic E-state index is 0.0745. The van der Waals surface area contributed by atoms with Gasteiger partial charge in [0.1, 0.15) is 34.8 Å². The summed E-state index contributed by atoms with van der Waals surface area (Å²) in [6.45, 7) is 3.28. The number of ether oxygens (including phenoxy) is 1. The summed E-state index contributed by atoms with van der Waals surface area (Å²) in [5.74, 6) is -0.679. The largest absolute Gasteiger partial charge is 0.456 e. The van der Waals surface area contributed by atoms with Crippen LogP contribution < -0.4 is 10.5 Å². The molecule has 0 saturated carbocycles. The summed E-state index contributed by atoms with van der Waals surface area (Å²) >= 11 is 0. The van der Waals surface area contributed by atoms with E-state index >= 15 is 0 Å². The van der Waals surface area contributed by atoms with Gasteiger partial charge in [-0.05, 0) is 43.7 Å². The van der Waals surface area contributed by atoms with Gasteiger partial charge in [-0.1, -0.05) is 6.07 Å². The molecule has 0 saturated heterocycles. The summed E-state index contributed by atoms with van der Waals surface area (Å²) < 4.78 is 32.8. The van der Waals surface area contributed by atoms with Crippen LogP contribution in [-0.2, 0) is 0 Å². The second-order valence-electron chi connectivity index (χ2n) is 4.75. The van der Waals surface area contributed by atoms with Gasteiger partial charge in [-0.25, -0.2) is 8.78 Å². The first-order chi connectivity index (χ1) is 9.93. The third-order valence-electron chi connectivity index (χ3n) is 3.09. The molecule has 0 heterocycles. The highest BCUT2D eigenvalue weighted by atomic mass is 19.1. The predicted molar refractivity (Wildman–Crippen MR) is 74.9 cm³/mol. The molecule has 2 aromatic rings. The van der Waals surface area contributed by atoms with Gasteiger partial charge in [-0.3, -0.25) is 0 Å². The fourth-order valence-electron chi connectivity index (χ4n) is 1.93. The number of nitriles is 1. The third kappa shape index (κ3) is 3.01. The van der Waals surface area contributed by atoms with Crippen LogP contribution in [0.15, 0.2) is 30.3 Å². The topological polar surface area (TPSA) is 59.0 Å². The Bertz CT molecular complexity index is 721. The molecule has 0 fully saturated rings. The minimum atomic E-state index is -0.670. The SMILES string of the molecule is Cc1cc(Oc2cccc(F)c2C#N)c([C@H](C)N)cc1F. The van der Waals surface area contributed by atoms with E-state index in [9.17, 15) is 8.78 Å². The van der Waals surface area contributed by atoms with Crippen LogP contribution >= 0.6 is 0 Å². The van der Waals surface area contributed by atoms with Crippen LogP contribution in [0.1, 0.15) is 29.7 Å². The number of hydrogen-bond acceptors (Lipinski definition) is 3. The van der Waals surface area contributed by atoms with Crippen LogP contribution in [0.25, 0.3) is 0 Å². The zero-order chi connectivity index (χ0) is 15.6. The third-order valence-corrected chi connectivity index (χ3v) is 3.09. The van der Waals surface area contributed by atoms with Gasteiger partial charge in [-0.15, -0.1) is 0 Å². The van der Waals surface area contributed by atoms with E-state index in [0.717, 1.165) is 0 Å². The Balaban J connectivity index is 2.52. The maximum Gasteiger partial charge on any atom is 0.148 e. The van der Waals surface area contributed by atoms with Crippen molar-refractivity contribution in [3.05, 3.63) is 58.7 Å². The Morgan fingerprint density at radius 2 is 1.90 bits per heavy atom. The van der Waals surface area contributed by atoms with Gasteiger partial charge in [0.15, 0.2) is 0 Å². The first-order valence-corrected chi connectivity index (χ1v) is 6.36. The quantitative estimate of drug-likeness (QED) is 0.930. The maximum absolute atomic E-state index is 13.6. The molecule has 0 aromatic heterocycles. The van der Waals surface area contributed by atoms with Crippen molar-refractivity contribution in [2.24, 2.45) is 5.73 Å². The van der Waals surface area contributed by atoms with Gasteiger partial charge in [0, 0.05) is 11.6 Å². The van der Waals surface area contributed by atoms with Crippen molar-refractivity contribution in [1.29, 1.82) is 5.26 Å². The second kappa shape index (κ2) is 5.90. The van der Waals surface area contributed by atoms with Crippen LogP contribution in [0.2, 0.25) is 0 Å². The van der Waals surface area contributed by atoms with E-state index in [1.54, 1.807) is 19.9 Å². The Morgan fingerprint density at radius 1 is 1.19 bits per heavy atom. The maximum atomic E-state index is 13.6. The van der Waals surface area contributed by atoms with Gasteiger partial charge >= 0.3 is 0 Å². The van der Waals surface area contributed by atoms with Crippen molar-refractivity contribution < 1.29 is 13.5 Å². The Hall–Kier alpha value is -2.45. The minimum Gasteiger partial charge on any atom is -0.456 e. The highest BCUT2D eigenvalue weighted by Crippen LogP contribution is 2.33. The summed E-state index contributed by atoms with van der Waals surface area (Å²) in [4.78, 5) is 0. The molecule has 0 unspecified atom stereocenters. The highest BCUT2D eigenvalue weighted by molar-refractivity contribution is 5.48. The Morgan fingerprint density at radius 3 is 2.52 bits per heavy atom. The lowest BCUT2D eigenvalue weighted by Gasteiger charge is -2.16. The van der Waals surface area contributed by atoms with Crippen molar-refractivity contribution in [3.8, 4) is 17.6 Å². The lowest BCUT2D eigenvalue weighted by Crippen LogP contribution is -2.08. The average molecular weight is 288 g/mol. The normalized spacial score (nSPS) is 11.8. The van der Waals surface area contributed by atoms with Crippen molar-refractivity contribution in [1.82, 2.24) is 0 Å². The molecule has 21 heavy (non-hydrogen) atoms. The molecule has 0 aliphatic heterocycles. The fourth-order valence-corrected chi connectivity index (χ4v) is 1.93. The van der Waals surface area contributed by atoms with E-state index in [4.69, 9.17) is 15.7 Å². The standard InChI is InChI=1S/C16H14F2N2O/c1-9-6-16(11(10(2)20)7-14(9)18)21-15-5-3-4-13(17)12(15)8-19/h3-7,10H,20H2,1-2H3/t10-/m0/s1. The summed E-state index contributed by atoms with van der Waals surface area (Å²) in [6, 6.07) is 8.16. The van der Waals surface area contributed by atoms with Crippen LogP contribution in [0.5, 0.6) is 11.5 Å². The molecule has 2 aromatic carbocycles. The second-order valence-corrected chi connectivity index (χ2v) is 4.75. The molecule has 0 radical (unpaired) electrons. The number of benzene rings is 2. The first-order valence-electron chi connectivity index (χ1n) is 6.36. The zero-order valence-corrected chi connectivity index (χ0v) is 11.7. The van der Waals surface area contributed by atoms with Crippen molar-refractivity contribution in [2.45, 2.75) is 19.9 Å². The predicted octanol–water partition coefficient (Wildman–Crippen LogP) is 3.96. The number of nitrogens with two attached hydrogens (primary N) is 1. The lowest BCUT2D eigenvalue weighted by atomic mass is 10.0. The summed E-state index contributed by atoms with van der Waals surface area (Å²) in [6.07, 6.45) is 0. The van der Waals surface area contributed by atoms with Gasteiger partial charge in [0.05, 0.1) is 0 Å². The van der Waals surface area contributed by atoms with Gasteiger partial charge in [-0.2, -0.15) is 5.26 Å². The van der Waals surface area contributed by atoms with Crippen molar-refractivity contribution in [2.75, 3.05) is 0 Å². The fraction of sp³-hybridized carbons (Fsp3) is 0.188. The zero-order valence-electron chi connectivity index (χ0n) is 11.7. The van der Waals surface area contributed by atoms with Crippen molar-refractivity contribution >= 4 is 0 Å². The van der Waals surface area contributed by atoms with Gasteiger partial charge in [0.25, 0.3) is 0 Å². The molecule has 2 rings (SSSR count). The van der Waals surface area contributed by atoms with E-state index < -0.39 is 17.7 Å². The molecule has 0 bridgehead atoms. The molecule has 0 aliphatic carbocycles. The average Bonchev–Trinajstić information content (AvgIpc) is 2.42. The summed E-state index contributed by atoms with van der Waals surface area (Å²) in [5, 5.41) is 9.00. The highest BCUT2D eigenvalue weighted by Gasteiger charge is 2.16. The van der Waals surface area contributed by atoms with E-state index in [1.165, 1.54) is 30.3 Å². The number of hydrogen-bond donors (Lipinski definition) is 1. The number of rotatable bonds is 3. The molecule has 3 nitrogen and oxygen atoms in total. The smallest absolute Gasteiger partial charge is 0.148 e. The monoisotopic (exact) mass is 288 g/mol. The summed E-state index contributed by atoms with van der Waals surface area (Å²) in [5.41, 5.74) is 6.43. The van der Waals surface area contributed by atoms with E-state index in [2.05, 4.69) is 0 Å². The molecule has 1 atom stereocenters. The molecule has 5 heteroatoms. The molecule has 2 N–H and O–H groups in total.